The number of carbonyl (C=O) groups excluding carboxylic acids is 1. The Bertz CT molecular complexity index is 255. The molecule has 0 aromatic heterocycles. The summed E-state index contributed by atoms with van der Waals surface area (Å²) in [6, 6.07) is 0. The molecular formula is C14H28N2OS. The molecule has 3 nitrogen and oxygen atoms in total. The molecule has 1 aliphatic heterocycles. The second-order valence-electron chi connectivity index (χ2n) is 6.12. The van der Waals surface area contributed by atoms with Gasteiger partial charge in [0.25, 0.3) is 0 Å². The second-order valence-corrected chi connectivity index (χ2v) is 7.92. The molecule has 0 aromatic rings. The predicted octanol–water partition coefficient (Wildman–Crippen LogP) is 2.37. The second kappa shape index (κ2) is 7.39. The van der Waals surface area contributed by atoms with Gasteiger partial charge in [-0.3, -0.25) is 4.79 Å². The van der Waals surface area contributed by atoms with E-state index in [0.29, 0.717) is 11.7 Å². The van der Waals surface area contributed by atoms with Gasteiger partial charge < -0.3 is 10.2 Å². The lowest BCUT2D eigenvalue weighted by atomic mass is 9.93. The Morgan fingerprint density at radius 1 is 1.33 bits per heavy atom. The van der Waals surface area contributed by atoms with Crippen LogP contribution in [0.5, 0.6) is 0 Å². The zero-order chi connectivity index (χ0) is 13.6. The Balaban J connectivity index is 2.23. The topological polar surface area (TPSA) is 32.3 Å². The summed E-state index contributed by atoms with van der Waals surface area (Å²) in [5, 5.41) is 3.20. The van der Waals surface area contributed by atoms with E-state index in [-0.39, 0.29) is 4.75 Å². The molecular weight excluding hydrogens is 244 g/mol. The highest BCUT2D eigenvalue weighted by Gasteiger charge is 2.23. The fourth-order valence-corrected chi connectivity index (χ4v) is 2.93. The van der Waals surface area contributed by atoms with Crippen molar-refractivity contribution in [1.29, 1.82) is 0 Å². The molecule has 1 fully saturated rings. The summed E-state index contributed by atoms with van der Waals surface area (Å²) in [6.45, 7) is 9.49. The summed E-state index contributed by atoms with van der Waals surface area (Å²) >= 11 is 1.75. The summed E-state index contributed by atoms with van der Waals surface area (Å²) < 4.78 is 0.181. The smallest absolute Gasteiger partial charge is 0.232 e. The average molecular weight is 272 g/mol. The van der Waals surface area contributed by atoms with Gasteiger partial charge in [0.1, 0.15) is 0 Å². The van der Waals surface area contributed by atoms with E-state index >= 15 is 0 Å². The number of rotatable bonds is 5. The highest BCUT2D eigenvalue weighted by Crippen LogP contribution is 2.25. The number of carbonyl (C=O) groups is 1. The number of nitrogens with one attached hydrogen (secondary N) is 1. The van der Waals surface area contributed by atoms with Gasteiger partial charge in [0.2, 0.25) is 5.91 Å². The minimum atomic E-state index is 0.181. The van der Waals surface area contributed by atoms with Gasteiger partial charge in [0.15, 0.2) is 0 Å². The molecule has 0 aromatic carbocycles. The van der Waals surface area contributed by atoms with Crippen LogP contribution in [-0.2, 0) is 4.79 Å². The first-order chi connectivity index (χ1) is 8.42. The average Bonchev–Trinajstić information content (AvgIpc) is 2.33. The normalized spacial score (nSPS) is 18.1. The van der Waals surface area contributed by atoms with Crippen molar-refractivity contribution >= 4 is 17.7 Å². The van der Waals surface area contributed by atoms with Crippen molar-refractivity contribution < 1.29 is 4.79 Å². The number of hydrogen-bond donors (Lipinski definition) is 1. The molecule has 1 heterocycles. The summed E-state index contributed by atoms with van der Waals surface area (Å²) in [7, 11) is 2.00. The standard InChI is InChI=1S/C14H28N2OS/c1-14(2,3)18-11-13(17)16-9-6-12(7-10-16)5-8-15-4/h12,15H,5-11H2,1-4H3. The van der Waals surface area contributed by atoms with Crippen molar-refractivity contribution in [3.05, 3.63) is 0 Å². The van der Waals surface area contributed by atoms with E-state index in [2.05, 4.69) is 31.0 Å². The van der Waals surface area contributed by atoms with Crippen molar-refractivity contribution in [2.45, 2.75) is 44.8 Å². The van der Waals surface area contributed by atoms with Crippen LogP contribution in [0, 0.1) is 5.92 Å². The van der Waals surface area contributed by atoms with E-state index in [1.807, 2.05) is 7.05 Å². The molecule has 1 saturated heterocycles. The van der Waals surface area contributed by atoms with Crippen molar-refractivity contribution in [2.75, 3.05) is 32.4 Å². The van der Waals surface area contributed by atoms with Crippen molar-refractivity contribution in [1.82, 2.24) is 10.2 Å². The molecule has 4 heteroatoms. The van der Waals surface area contributed by atoms with Crippen LogP contribution in [0.1, 0.15) is 40.0 Å². The Morgan fingerprint density at radius 2 is 1.94 bits per heavy atom. The van der Waals surface area contributed by atoms with E-state index in [4.69, 9.17) is 0 Å². The van der Waals surface area contributed by atoms with Crippen molar-refractivity contribution in [3.8, 4) is 0 Å². The highest BCUT2D eigenvalue weighted by atomic mass is 32.2. The van der Waals surface area contributed by atoms with Crippen LogP contribution in [0.4, 0.5) is 0 Å². The number of thioether (sulfide) groups is 1. The van der Waals surface area contributed by atoms with Crippen LogP contribution in [-0.4, -0.2) is 48.0 Å². The molecule has 0 radical (unpaired) electrons. The third-order valence-electron chi connectivity index (χ3n) is 3.40. The van der Waals surface area contributed by atoms with E-state index in [1.165, 1.54) is 19.3 Å². The molecule has 0 bridgehead atoms. The highest BCUT2D eigenvalue weighted by molar-refractivity contribution is 8.01. The van der Waals surface area contributed by atoms with Crippen molar-refractivity contribution in [3.63, 3.8) is 0 Å². The Kier molecular flexibility index (Phi) is 6.50. The lowest BCUT2D eigenvalue weighted by Gasteiger charge is -2.32. The quantitative estimate of drug-likeness (QED) is 0.834. The lowest BCUT2D eigenvalue weighted by molar-refractivity contribution is -0.129. The number of amides is 1. The van der Waals surface area contributed by atoms with Crippen molar-refractivity contribution in [2.24, 2.45) is 5.92 Å². The van der Waals surface area contributed by atoms with Crippen LogP contribution in [0.25, 0.3) is 0 Å². The summed E-state index contributed by atoms with van der Waals surface area (Å²) in [6.07, 6.45) is 3.59. The molecule has 0 atom stereocenters. The van der Waals surface area contributed by atoms with Gasteiger partial charge in [-0.2, -0.15) is 0 Å². The molecule has 1 N–H and O–H groups in total. The van der Waals surface area contributed by atoms with Crippen LogP contribution in [0.3, 0.4) is 0 Å². The first kappa shape index (κ1) is 15.8. The summed E-state index contributed by atoms with van der Waals surface area (Å²) in [5.74, 6) is 1.75. The number of nitrogens with zero attached hydrogens (tertiary/aromatic N) is 1. The first-order valence-corrected chi connectivity index (χ1v) is 7.97. The van der Waals surface area contributed by atoms with E-state index in [9.17, 15) is 4.79 Å². The maximum absolute atomic E-state index is 12.1. The van der Waals surface area contributed by atoms with Gasteiger partial charge in [-0.15, -0.1) is 11.8 Å². The molecule has 1 aliphatic rings. The first-order valence-electron chi connectivity index (χ1n) is 6.98. The SMILES string of the molecule is CNCCC1CCN(C(=O)CSC(C)(C)C)CC1. The number of piperidine rings is 1. The maximum Gasteiger partial charge on any atom is 0.232 e. The Labute approximate surface area is 116 Å². The van der Waals surface area contributed by atoms with Crippen LogP contribution in [0.2, 0.25) is 0 Å². The Hall–Kier alpha value is -0.220. The zero-order valence-electron chi connectivity index (χ0n) is 12.3. The fourth-order valence-electron chi connectivity index (χ4n) is 2.19. The van der Waals surface area contributed by atoms with E-state index in [1.54, 1.807) is 11.8 Å². The zero-order valence-corrected chi connectivity index (χ0v) is 13.1. The minimum absolute atomic E-state index is 0.181. The third-order valence-corrected chi connectivity index (χ3v) is 4.66. The molecule has 0 unspecified atom stereocenters. The minimum Gasteiger partial charge on any atom is -0.342 e. The largest absolute Gasteiger partial charge is 0.342 e. The van der Waals surface area contributed by atoms with Crippen LogP contribution >= 0.6 is 11.8 Å². The van der Waals surface area contributed by atoms with Gasteiger partial charge in [-0.25, -0.2) is 0 Å². The summed E-state index contributed by atoms with van der Waals surface area (Å²) in [5.41, 5.74) is 0. The molecule has 18 heavy (non-hydrogen) atoms. The van der Waals surface area contributed by atoms with Crippen LogP contribution < -0.4 is 5.32 Å². The summed E-state index contributed by atoms with van der Waals surface area (Å²) in [4.78, 5) is 14.1. The fraction of sp³-hybridized carbons (Fsp3) is 0.929. The lowest BCUT2D eigenvalue weighted by Crippen LogP contribution is -2.40. The molecule has 1 amide bonds. The van der Waals surface area contributed by atoms with Gasteiger partial charge >= 0.3 is 0 Å². The predicted molar refractivity (Wildman–Crippen MR) is 80.1 cm³/mol. The third kappa shape index (κ3) is 6.10. The molecule has 106 valence electrons. The van der Waals surface area contributed by atoms with Crippen LogP contribution in [0.15, 0.2) is 0 Å². The van der Waals surface area contributed by atoms with Gasteiger partial charge in [-0.05, 0) is 38.8 Å². The molecule has 0 spiro atoms. The van der Waals surface area contributed by atoms with Gasteiger partial charge in [-0.1, -0.05) is 20.8 Å². The van der Waals surface area contributed by atoms with Gasteiger partial charge in [0.05, 0.1) is 5.75 Å². The maximum atomic E-state index is 12.1. The molecule has 0 saturated carbocycles. The van der Waals surface area contributed by atoms with E-state index < -0.39 is 0 Å². The molecule has 0 aliphatic carbocycles. The molecule has 1 rings (SSSR count). The van der Waals surface area contributed by atoms with E-state index in [0.717, 1.165) is 25.6 Å². The van der Waals surface area contributed by atoms with Gasteiger partial charge in [0, 0.05) is 17.8 Å². The Morgan fingerprint density at radius 3 is 2.44 bits per heavy atom. The number of hydrogen-bond acceptors (Lipinski definition) is 3. The number of likely N-dealkylation sites (tertiary alicyclic amines) is 1. The monoisotopic (exact) mass is 272 g/mol.